The van der Waals surface area contributed by atoms with Gasteiger partial charge in [0.15, 0.2) is 23.0 Å². The topological polar surface area (TPSA) is 36.9 Å². The molecule has 1 radical (unpaired) electrons. The monoisotopic (exact) mass is 803 g/mol. The zero-order chi connectivity index (χ0) is 34.8. The number of hydrogen-bond donors (Lipinski definition) is 0. The summed E-state index contributed by atoms with van der Waals surface area (Å²) in [4.78, 5) is 10.8. The molecule has 6 heterocycles. The first kappa shape index (κ1) is 34.4. The molecule has 0 saturated carbocycles. The van der Waals surface area contributed by atoms with E-state index in [0.29, 0.717) is 11.5 Å². The van der Waals surface area contributed by atoms with Crippen LogP contribution < -0.4 is 18.9 Å². The van der Waals surface area contributed by atoms with Crippen molar-refractivity contribution in [3.8, 4) is 23.0 Å². The Morgan fingerprint density at radius 1 is 0.388 bits per heavy atom. The van der Waals surface area contributed by atoms with Crippen molar-refractivity contribution in [2.24, 2.45) is 0 Å². The second-order valence-electron chi connectivity index (χ2n) is 15.7. The lowest BCUT2D eigenvalue weighted by molar-refractivity contribution is -0.0485. The molecule has 3 aromatic rings. The Balaban J connectivity index is 1.44. The highest BCUT2D eigenvalue weighted by atomic mass is 32.2. The van der Waals surface area contributed by atoms with Gasteiger partial charge in [0, 0.05) is 72.9 Å². The zero-order valence-electron chi connectivity index (χ0n) is 29.6. The number of fused-ring (bicyclic) bond motifs is 6. The molecule has 3 aromatic carbocycles. The van der Waals surface area contributed by atoms with Crippen molar-refractivity contribution >= 4 is 94.1 Å². The molecule has 0 spiro atoms. The van der Waals surface area contributed by atoms with Crippen molar-refractivity contribution in [1.29, 1.82) is 0 Å². The molecular weight excluding hydrogens is 765 g/mol. The highest BCUT2D eigenvalue weighted by molar-refractivity contribution is 8.22. The van der Waals surface area contributed by atoms with Crippen LogP contribution in [0.3, 0.4) is 0 Å². The fourth-order valence-corrected chi connectivity index (χ4v) is 18.6. The lowest BCUT2D eigenvalue weighted by Gasteiger charge is -2.29. The summed E-state index contributed by atoms with van der Waals surface area (Å²) in [5.41, 5.74) is 3.51. The van der Waals surface area contributed by atoms with Crippen molar-refractivity contribution in [1.82, 2.24) is 0 Å². The summed E-state index contributed by atoms with van der Waals surface area (Å²) >= 11 is 15.9. The molecule has 6 aliphatic rings. The van der Waals surface area contributed by atoms with Crippen molar-refractivity contribution in [2.75, 3.05) is 0 Å². The van der Waals surface area contributed by atoms with E-state index in [-0.39, 0.29) is 16.3 Å². The Labute approximate surface area is 324 Å². The summed E-state index contributed by atoms with van der Waals surface area (Å²) in [5, 5.41) is 0. The summed E-state index contributed by atoms with van der Waals surface area (Å²) in [7, 11) is 0. The Hall–Kier alpha value is -0.340. The summed E-state index contributed by atoms with van der Waals surface area (Å²) < 4.78 is 26.8. The van der Waals surface area contributed by atoms with Gasteiger partial charge in [0.2, 0.25) is 11.6 Å². The third-order valence-electron chi connectivity index (χ3n) is 8.46. The molecule has 0 aromatic heterocycles. The van der Waals surface area contributed by atoms with Crippen molar-refractivity contribution in [3.63, 3.8) is 0 Å². The van der Waals surface area contributed by atoms with Gasteiger partial charge in [0.05, 0.1) is 27.8 Å². The van der Waals surface area contributed by atoms with Gasteiger partial charge in [-0.05, 0) is 78.6 Å². The summed E-state index contributed by atoms with van der Waals surface area (Å²) in [6.07, 6.45) is 0. The number of benzene rings is 3. The Bertz CT molecular complexity index is 1660. The first-order valence-corrected chi connectivity index (χ1v) is 22.9. The van der Waals surface area contributed by atoms with E-state index in [2.05, 4.69) is 67.5 Å². The van der Waals surface area contributed by atoms with Gasteiger partial charge in [-0.1, -0.05) is 0 Å². The molecule has 9 rings (SSSR count). The Kier molecular flexibility index (Phi) is 7.49. The highest BCUT2D eigenvalue weighted by Gasteiger charge is 2.51. The van der Waals surface area contributed by atoms with Gasteiger partial charge in [-0.15, -0.1) is 94.1 Å². The standard InChI is InChI=1S/C37H39O4S8/c1-32(2)38-16-13-17-27(41-33(3,4)39-17)23(26(16)40-32)22(24-28-18(42-34(5,6)46-28)14-19-29(24)47-35(7,8)43-19)25-30-20(44-36(9,10)48-30)15-21-31(25)49-37(11,12)45-21/h13-15H,1-12H3. The molecule has 0 fully saturated rings. The molecule has 6 aliphatic heterocycles. The van der Waals surface area contributed by atoms with Gasteiger partial charge in [-0.2, -0.15) is 0 Å². The van der Waals surface area contributed by atoms with Crippen molar-refractivity contribution in [3.05, 3.63) is 40.8 Å². The second kappa shape index (κ2) is 10.7. The van der Waals surface area contributed by atoms with E-state index in [1.54, 1.807) is 0 Å². The van der Waals surface area contributed by atoms with Gasteiger partial charge in [-0.3, -0.25) is 0 Å². The van der Waals surface area contributed by atoms with E-state index < -0.39 is 11.6 Å². The van der Waals surface area contributed by atoms with Crippen LogP contribution in [0.5, 0.6) is 23.0 Å². The third-order valence-corrected chi connectivity index (χ3v) is 19.6. The fraction of sp³-hybridized carbons (Fsp3) is 0.486. The molecule has 12 heteroatoms. The molecule has 0 aliphatic carbocycles. The summed E-state index contributed by atoms with van der Waals surface area (Å²) in [6.45, 7) is 26.7. The minimum atomic E-state index is -0.841. The average Bonchev–Trinajstić information content (AvgIpc) is 3.71. The van der Waals surface area contributed by atoms with Crippen LogP contribution in [0, 0.1) is 5.92 Å². The van der Waals surface area contributed by atoms with E-state index in [1.807, 2.05) is 128 Å². The Morgan fingerprint density at radius 3 is 1.00 bits per heavy atom. The minimum absolute atomic E-state index is 0.00824. The van der Waals surface area contributed by atoms with E-state index >= 15 is 0 Å². The number of ether oxygens (including phenoxy) is 4. The first-order chi connectivity index (χ1) is 22.6. The maximum absolute atomic E-state index is 6.86. The maximum Gasteiger partial charge on any atom is 0.246 e. The van der Waals surface area contributed by atoms with E-state index in [9.17, 15) is 0 Å². The van der Waals surface area contributed by atoms with Crippen LogP contribution in [0.1, 0.15) is 99.8 Å². The van der Waals surface area contributed by atoms with Gasteiger partial charge >= 0.3 is 0 Å². The molecule has 0 unspecified atom stereocenters. The van der Waals surface area contributed by atoms with Crippen LogP contribution >= 0.6 is 94.1 Å². The molecular formula is C37H39O4S8. The SMILES string of the molecule is CC1(C)Oc2cc3c(c([C](c4c5c(cc6c4SC(C)(C)S6)SC(C)(C)S5)c4c5c(cc6c4SC(C)(C)S6)SC(C)(C)S5)c2O1)OC(C)(C)O3. The number of hydrogen-bond acceptors (Lipinski definition) is 12. The third kappa shape index (κ3) is 5.73. The van der Waals surface area contributed by atoms with Gasteiger partial charge in [0.25, 0.3) is 0 Å². The van der Waals surface area contributed by atoms with Gasteiger partial charge in [0.1, 0.15) is 0 Å². The maximum atomic E-state index is 6.86. The molecule has 4 nitrogen and oxygen atoms in total. The van der Waals surface area contributed by atoms with Gasteiger partial charge in [-0.25, -0.2) is 0 Å². The minimum Gasteiger partial charge on any atom is -0.449 e. The normalized spacial score (nSPS) is 24.3. The quantitative estimate of drug-likeness (QED) is 0.237. The predicted molar refractivity (Wildman–Crippen MR) is 214 cm³/mol. The lowest BCUT2D eigenvalue weighted by Crippen LogP contribution is -2.31. The number of rotatable bonds is 3. The van der Waals surface area contributed by atoms with Crippen LogP contribution in [0.15, 0.2) is 57.4 Å². The van der Waals surface area contributed by atoms with Crippen LogP contribution in [0.25, 0.3) is 0 Å². The first-order valence-electron chi connectivity index (χ1n) is 16.4. The van der Waals surface area contributed by atoms with Gasteiger partial charge < -0.3 is 18.9 Å². The molecule has 0 atom stereocenters. The lowest BCUT2D eigenvalue weighted by atomic mass is 9.83. The van der Waals surface area contributed by atoms with E-state index in [0.717, 1.165) is 17.1 Å². The second-order valence-corrected chi connectivity index (χ2v) is 29.9. The highest BCUT2D eigenvalue weighted by Crippen LogP contribution is 2.71. The molecule has 259 valence electrons. The zero-order valence-corrected chi connectivity index (χ0v) is 36.2. The largest absolute Gasteiger partial charge is 0.449 e. The molecule has 49 heavy (non-hydrogen) atoms. The molecule has 0 saturated heterocycles. The van der Waals surface area contributed by atoms with E-state index in [1.165, 1.54) is 56.2 Å². The Morgan fingerprint density at radius 2 is 0.694 bits per heavy atom. The fourth-order valence-electron chi connectivity index (χ4n) is 7.11. The van der Waals surface area contributed by atoms with Crippen LogP contribution in [-0.2, 0) is 0 Å². The van der Waals surface area contributed by atoms with Crippen molar-refractivity contribution < 1.29 is 18.9 Å². The smallest absolute Gasteiger partial charge is 0.246 e. The van der Waals surface area contributed by atoms with Crippen LogP contribution in [-0.4, -0.2) is 27.9 Å². The van der Waals surface area contributed by atoms with E-state index in [4.69, 9.17) is 18.9 Å². The predicted octanol–water partition coefficient (Wildman–Crippen LogP) is 13.5. The van der Waals surface area contributed by atoms with Crippen molar-refractivity contribution in [2.45, 2.75) is 150 Å². The molecule has 0 amide bonds. The van der Waals surface area contributed by atoms with Crippen LogP contribution in [0.2, 0.25) is 0 Å². The molecule has 0 N–H and O–H groups in total. The summed E-state index contributed by atoms with van der Waals surface area (Å²) in [6, 6.07) is 6.88. The van der Waals surface area contributed by atoms with Crippen LogP contribution in [0.4, 0.5) is 0 Å². The number of thioether (sulfide) groups is 8. The average molecular weight is 804 g/mol. The molecule has 0 bridgehead atoms. The summed E-state index contributed by atoms with van der Waals surface area (Å²) in [5.74, 6) is 2.34.